The molecule has 2 aliphatic rings. The number of fused-ring (bicyclic) bond motifs is 1. The number of carbonyl (C=O) groups excluding carboxylic acids is 1. The Morgan fingerprint density at radius 2 is 1.60 bits per heavy atom. The van der Waals surface area contributed by atoms with Gasteiger partial charge in [-0.1, -0.05) is 62.7 Å². The molecule has 2 saturated heterocycles. The molecule has 1 N–H and O–H groups in total. The maximum Gasteiger partial charge on any atom is 0.416 e. The Kier molecular flexibility index (Phi) is 12.2. The zero-order valence-electron chi connectivity index (χ0n) is 28.4. The third-order valence-electron chi connectivity index (χ3n) is 9.50. The van der Waals surface area contributed by atoms with Crippen LogP contribution >= 0.6 is 11.8 Å². The molecular weight excluding hydrogens is 630 g/mol. The van der Waals surface area contributed by atoms with E-state index in [1.807, 2.05) is 75.6 Å². The van der Waals surface area contributed by atoms with Crippen molar-refractivity contribution in [2.45, 2.75) is 82.6 Å². The van der Waals surface area contributed by atoms with Crippen molar-refractivity contribution < 1.29 is 18.0 Å². The second-order valence-corrected chi connectivity index (χ2v) is 13.4. The van der Waals surface area contributed by atoms with E-state index < -0.39 is 11.7 Å². The van der Waals surface area contributed by atoms with E-state index in [0.29, 0.717) is 34.9 Å². The monoisotopic (exact) mass is 676 g/mol. The Morgan fingerprint density at radius 1 is 0.938 bits per heavy atom. The van der Waals surface area contributed by atoms with Gasteiger partial charge in [-0.15, -0.1) is 11.8 Å². The summed E-state index contributed by atoms with van der Waals surface area (Å²) < 4.78 is 40.5. The van der Waals surface area contributed by atoms with Gasteiger partial charge in [-0.2, -0.15) is 13.2 Å². The number of hydrogen-bond acceptors (Lipinski definition) is 5. The van der Waals surface area contributed by atoms with Gasteiger partial charge in [-0.25, -0.2) is 4.98 Å². The number of halogens is 3. The van der Waals surface area contributed by atoms with E-state index in [2.05, 4.69) is 15.1 Å². The molecule has 0 spiro atoms. The first-order chi connectivity index (χ1) is 23.2. The molecule has 9 heteroatoms. The minimum absolute atomic E-state index is 0.214. The quantitative estimate of drug-likeness (QED) is 0.189. The molecular formula is C39H47F3N4OS. The van der Waals surface area contributed by atoms with E-state index in [1.54, 1.807) is 11.8 Å². The van der Waals surface area contributed by atoms with Gasteiger partial charge in [0.15, 0.2) is 0 Å². The Hall–Kier alpha value is -3.40. The van der Waals surface area contributed by atoms with Crippen molar-refractivity contribution in [3.8, 4) is 11.3 Å². The molecule has 1 aromatic heterocycles. The van der Waals surface area contributed by atoms with Crippen molar-refractivity contribution >= 4 is 28.6 Å². The number of likely N-dealkylation sites (tertiary alicyclic amines) is 2. The first kappa shape index (κ1) is 35.9. The SMILES string of the molecule is CC.CSc1ccc2nc(-c3ccc(C(F)(F)F)cc3)c(CN3CCC(N4CCCCC4)CC3)c(C(=O)N[C@@H](C)c3ccccc3)c2c1. The van der Waals surface area contributed by atoms with Crippen LogP contribution in [0, 0.1) is 0 Å². The second-order valence-electron chi connectivity index (χ2n) is 12.5. The highest BCUT2D eigenvalue weighted by molar-refractivity contribution is 7.98. The highest BCUT2D eigenvalue weighted by atomic mass is 32.2. The lowest BCUT2D eigenvalue weighted by atomic mass is 9.93. The third kappa shape index (κ3) is 8.41. The number of nitrogens with zero attached hydrogens (tertiary/aromatic N) is 3. The predicted octanol–water partition coefficient (Wildman–Crippen LogP) is 9.61. The van der Waals surface area contributed by atoms with Crippen molar-refractivity contribution in [1.29, 1.82) is 0 Å². The molecule has 5 nitrogen and oxygen atoms in total. The average molecular weight is 677 g/mol. The molecule has 1 atom stereocenters. The fourth-order valence-electron chi connectivity index (χ4n) is 6.92. The lowest BCUT2D eigenvalue weighted by Crippen LogP contribution is -2.46. The molecule has 256 valence electrons. The molecule has 3 aromatic carbocycles. The van der Waals surface area contributed by atoms with Crippen LogP contribution in [0.15, 0.2) is 77.7 Å². The Labute approximate surface area is 287 Å². The predicted molar refractivity (Wildman–Crippen MR) is 191 cm³/mol. The largest absolute Gasteiger partial charge is 0.416 e. The maximum absolute atomic E-state index is 14.4. The molecule has 0 saturated carbocycles. The van der Waals surface area contributed by atoms with Gasteiger partial charge in [-0.05, 0) is 101 Å². The Morgan fingerprint density at radius 3 is 2.23 bits per heavy atom. The van der Waals surface area contributed by atoms with E-state index in [4.69, 9.17) is 4.98 Å². The third-order valence-corrected chi connectivity index (χ3v) is 10.2. The number of hydrogen-bond donors (Lipinski definition) is 1. The summed E-state index contributed by atoms with van der Waals surface area (Å²) >= 11 is 1.59. The molecule has 6 rings (SSSR count). The van der Waals surface area contributed by atoms with Gasteiger partial charge in [-0.3, -0.25) is 9.69 Å². The number of nitrogens with one attached hydrogen (secondary N) is 1. The lowest BCUT2D eigenvalue weighted by Gasteiger charge is -2.40. The van der Waals surface area contributed by atoms with E-state index in [-0.39, 0.29) is 11.9 Å². The van der Waals surface area contributed by atoms with Crippen LogP contribution in [0.3, 0.4) is 0 Å². The fraction of sp³-hybridized carbons (Fsp3) is 0.436. The normalized spacial score (nSPS) is 17.1. The molecule has 0 radical (unpaired) electrons. The van der Waals surface area contributed by atoms with E-state index >= 15 is 0 Å². The highest BCUT2D eigenvalue weighted by Crippen LogP contribution is 2.36. The lowest BCUT2D eigenvalue weighted by molar-refractivity contribution is -0.137. The molecule has 2 fully saturated rings. The number of pyridine rings is 1. The number of benzene rings is 3. The first-order valence-corrected chi connectivity index (χ1v) is 18.4. The number of alkyl halides is 3. The van der Waals surface area contributed by atoms with Crippen LogP contribution in [0.25, 0.3) is 22.2 Å². The summed E-state index contributed by atoms with van der Waals surface area (Å²) in [7, 11) is 0. The Balaban J connectivity index is 0.00000221. The van der Waals surface area contributed by atoms with Crippen molar-refractivity contribution in [3.63, 3.8) is 0 Å². The van der Waals surface area contributed by atoms with E-state index in [1.165, 1.54) is 44.5 Å². The summed E-state index contributed by atoms with van der Waals surface area (Å²) in [5, 5.41) is 3.98. The first-order valence-electron chi connectivity index (χ1n) is 17.2. The summed E-state index contributed by atoms with van der Waals surface area (Å²) in [6.45, 7) is 10.6. The van der Waals surface area contributed by atoms with Crippen LogP contribution in [0.1, 0.15) is 86.0 Å². The summed E-state index contributed by atoms with van der Waals surface area (Å²) in [6.07, 6.45) is 3.50. The fourth-order valence-corrected chi connectivity index (χ4v) is 7.36. The van der Waals surface area contributed by atoms with Gasteiger partial charge < -0.3 is 10.2 Å². The van der Waals surface area contributed by atoms with Gasteiger partial charge in [0.05, 0.1) is 28.4 Å². The van der Waals surface area contributed by atoms with Crippen LogP contribution in [0.4, 0.5) is 13.2 Å². The summed E-state index contributed by atoms with van der Waals surface area (Å²) in [5.41, 5.74) is 3.32. The van der Waals surface area contributed by atoms with Crippen LogP contribution in [-0.4, -0.2) is 59.2 Å². The van der Waals surface area contributed by atoms with Crippen molar-refractivity contribution in [2.75, 3.05) is 32.4 Å². The molecule has 4 aromatic rings. The average Bonchev–Trinajstić information content (AvgIpc) is 3.12. The molecule has 0 aliphatic carbocycles. The van der Waals surface area contributed by atoms with Gasteiger partial charge in [0.1, 0.15) is 0 Å². The molecule has 0 bridgehead atoms. The maximum atomic E-state index is 14.4. The smallest absolute Gasteiger partial charge is 0.345 e. The van der Waals surface area contributed by atoms with Gasteiger partial charge in [0.25, 0.3) is 5.91 Å². The summed E-state index contributed by atoms with van der Waals surface area (Å²) in [4.78, 5) is 25.5. The van der Waals surface area contributed by atoms with Crippen LogP contribution in [-0.2, 0) is 12.7 Å². The van der Waals surface area contributed by atoms with Crippen LogP contribution in [0.2, 0.25) is 0 Å². The zero-order chi connectivity index (χ0) is 34.3. The molecule has 1 amide bonds. The second kappa shape index (κ2) is 16.3. The van der Waals surface area contributed by atoms with Crippen LogP contribution in [0.5, 0.6) is 0 Å². The summed E-state index contributed by atoms with van der Waals surface area (Å²) in [5.74, 6) is -0.214. The summed E-state index contributed by atoms with van der Waals surface area (Å²) in [6, 6.07) is 21.2. The minimum atomic E-state index is -4.44. The molecule has 3 heterocycles. The number of piperidine rings is 2. The Bertz CT molecular complexity index is 1650. The number of carbonyl (C=O) groups is 1. The number of aromatic nitrogens is 1. The number of rotatable bonds is 8. The van der Waals surface area contributed by atoms with Crippen LogP contribution < -0.4 is 5.32 Å². The van der Waals surface area contributed by atoms with Crippen molar-refractivity contribution in [3.05, 3.63) is 95.1 Å². The van der Waals surface area contributed by atoms with Gasteiger partial charge in [0, 0.05) is 34.0 Å². The van der Waals surface area contributed by atoms with E-state index in [0.717, 1.165) is 59.5 Å². The van der Waals surface area contributed by atoms with Crippen molar-refractivity contribution in [2.24, 2.45) is 0 Å². The minimum Gasteiger partial charge on any atom is -0.345 e. The topological polar surface area (TPSA) is 48.5 Å². The number of amides is 1. The van der Waals surface area contributed by atoms with Crippen molar-refractivity contribution in [1.82, 2.24) is 20.1 Å². The highest BCUT2D eigenvalue weighted by Gasteiger charge is 2.32. The molecule has 48 heavy (non-hydrogen) atoms. The van der Waals surface area contributed by atoms with Gasteiger partial charge >= 0.3 is 6.18 Å². The van der Waals surface area contributed by atoms with E-state index in [9.17, 15) is 18.0 Å². The zero-order valence-corrected chi connectivity index (χ0v) is 29.3. The molecule has 2 aliphatic heterocycles. The van der Waals surface area contributed by atoms with Gasteiger partial charge in [0.2, 0.25) is 0 Å². The standard InChI is InChI=1S/C37H41F3N4OS.C2H6/c1-25(26-9-5-3-6-10-26)41-36(45)34-31-23-30(46-2)15-16-33(31)42-35(27-11-13-28(14-12-27)37(38,39)40)32(34)24-43-21-17-29(18-22-43)44-19-7-4-8-20-44;1-2/h3,5-6,9-16,23,25,29H,4,7-8,17-22,24H2,1-2H3,(H,41,45);1-2H3/t25-;/m0./s1. The number of thioether (sulfide) groups is 1. The molecule has 0 unspecified atom stereocenters.